The van der Waals surface area contributed by atoms with Crippen molar-refractivity contribution < 1.29 is 4.79 Å². The van der Waals surface area contributed by atoms with Crippen molar-refractivity contribution in [3.63, 3.8) is 0 Å². The van der Waals surface area contributed by atoms with Gasteiger partial charge in [0.2, 0.25) is 0 Å². The van der Waals surface area contributed by atoms with Gasteiger partial charge in [0.1, 0.15) is 5.78 Å². The number of hydrogen-bond donors (Lipinski definition) is 0. The molecule has 0 spiro atoms. The summed E-state index contributed by atoms with van der Waals surface area (Å²) in [4.78, 5) is 11.3. The minimum Gasteiger partial charge on any atom is -0.300 e. The Morgan fingerprint density at radius 1 is 1.29 bits per heavy atom. The van der Waals surface area contributed by atoms with Crippen molar-refractivity contribution in [1.82, 2.24) is 0 Å². The summed E-state index contributed by atoms with van der Waals surface area (Å²) < 4.78 is 0. The Balaban J connectivity index is 3.20. The van der Waals surface area contributed by atoms with E-state index in [1.165, 1.54) is 6.92 Å². The first-order chi connectivity index (χ1) is 9.99. The number of hydrogen-bond acceptors (Lipinski definition) is 4. The van der Waals surface area contributed by atoms with Crippen LogP contribution in [0.2, 0.25) is 0 Å². The normalized spacial score (nSPS) is 12.2. The van der Waals surface area contributed by atoms with Gasteiger partial charge in [0, 0.05) is 6.42 Å². The van der Waals surface area contributed by atoms with Crippen LogP contribution in [-0.4, -0.2) is 11.5 Å². The quantitative estimate of drug-likeness (QED) is 0.757. The van der Waals surface area contributed by atoms with Crippen molar-refractivity contribution in [2.24, 2.45) is 5.41 Å². The van der Waals surface area contributed by atoms with Gasteiger partial charge in [-0.2, -0.15) is 22.3 Å². The van der Waals surface area contributed by atoms with Crippen LogP contribution in [0.15, 0.2) is 24.3 Å². The van der Waals surface area contributed by atoms with E-state index >= 15 is 0 Å². The zero-order chi connectivity index (χ0) is 15.9. The summed E-state index contributed by atoms with van der Waals surface area (Å²) in [7, 11) is 0. The largest absolute Gasteiger partial charge is 0.300 e. The van der Waals surface area contributed by atoms with Crippen molar-refractivity contribution in [3.8, 4) is 12.1 Å². The van der Waals surface area contributed by atoms with Crippen molar-refractivity contribution >= 4 is 17.5 Å². The van der Waals surface area contributed by atoms with Crippen LogP contribution in [0.5, 0.6) is 0 Å². The first kappa shape index (κ1) is 17.3. The van der Waals surface area contributed by atoms with E-state index in [1.807, 2.05) is 38.1 Å². The smallest absolute Gasteiger partial charge is 0.160 e. The lowest BCUT2D eigenvalue weighted by molar-refractivity contribution is -0.117. The lowest BCUT2D eigenvalue weighted by Gasteiger charge is -2.28. The molecular weight excluding hydrogens is 280 g/mol. The molecule has 21 heavy (non-hydrogen) atoms. The Kier molecular flexibility index (Phi) is 6.46. The van der Waals surface area contributed by atoms with Crippen LogP contribution in [-0.2, 0) is 4.79 Å². The average molecular weight is 300 g/mol. The molecule has 0 aliphatic rings. The SMILES string of the molecule is CCSC(c1ccc(C)cc1)C(C#N)(C#N)CCC(C)=O. The molecule has 1 unspecified atom stereocenters. The molecule has 1 atom stereocenters. The third-order valence-electron chi connectivity index (χ3n) is 3.43. The second-order valence-electron chi connectivity index (χ2n) is 5.14. The van der Waals surface area contributed by atoms with Gasteiger partial charge in [-0.15, -0.1) is 0 Å². The van der Waals surface area contributed by atoms with E-state index < -0.39 is 5.41 Å². The fourth-order valence-corrected chi connectivity index (χ4v) is 3.38. The molecule has 1 rings (SSSR count). The van der Waals surface area contributed by atoms with Gasteiger partial charge < -0.3 is 4.79 Å². The van der Waals surface area contributed by atoms with Crippen LogP contribution in [0.3, 0.4) is 0 Å². The summed E-state index contributed by atoms with van der Waals surface area (Å²) in [5, 5.41) is 19.0. The van der Waals surface area contributed by atoms with Gasteiger partial charge in [-0.3, -0.25) is 0 Å². The van der Waals surface area contributed by atoms with Crippen LogP contribution < -0.4 is 0 Å². The molecule has 0 aliphatic carbocycles. The van der Waals surface area contributed by atoms with E-state index in [-0.39, 0.29) is 23.9 Å². The van der Waals surface area contributed by atoms with Gasteiger partial charge in [-0.05, 0) is 31.6 Å². The molecule has 1 aromatic carbocycles. The van der Waals surface area contributed by atoms with Crippen molar-refractivity contribution in [1.29, 1.82) is 10.5 Å². The molecule has 0 radical (unpaired) electrons. The minimum absolute atomic E-state index is 0.00836. The van der Waals surface area contributed by atoms with Crippen LogP contribution in [0.4, 0.5) is 0 Å². The zero-order valence-electron chi connectivity index (χ0n) is 12.7. The van der Waals surface area contributed by atoms with E-state index in [1.54, 1.807) is 11.8 Å². The van der Waals surface area contributed by atoms with Crippen molar-refractivity contribution in [2.45, 2.75) is 38.9 Å². The Morgan fingerprint density at radius 3 is 2.29 bits per heavy atom. The lowest BCUT2D eigenvalue weighted by Crippen LogP contribution is -2.25. The molecule has 0 N–H and O–H groups in total. The molecule has 0 amide bonds. The molecule has 0 fully saturated rings. The Hall–Kier alpha value is -1.78. The van der Waals surface area contributed by atoms with Gasteiger partial charge >= 0.3 is 0 Å². The fourth-order valence-electron chi connectivity index (χ4n) is 2.19. The molecule has 0 bridgehead atoms. The Labute approximate surface area is 131 Å². The van der Waals surface area contributed by atoms with E-state index in [4.69, 9.17) is 0 Å². The van der Waals surface area contributed by atoms with Crippen LogP contribution in [0.1, 0.15) is 43.1 Å². The summed E-state index contributed by atoms with van der Waals surface area (Å²) in [6.45, 7) is 5.51. The van der Waals surface area contributed by atoms with Gasteiger partial charge in [-0.1, -0.05) is 36.8 Å². The second kappa shape index (κ2) is 7.86. The predicted molar refractivity (Wildman–Crippen MR) is 85.6 cm³/mol. The number of nitrogens with zero attached hydrogens (tertiary/aromatic N) is 2. The molecule has 3 nitrogen and oxygen atoms in total. The van der Waals surface area contributed by atoms with E-state index in [2.05, 4.69) is 12.1 Å². The van der Waals surface area contributed by atoms with Crippen LogP contribution in [0, 0.1) is 35.0 Å². The first-order valence-electron chi connectivity index (χ1n) is 6.99. The van der Waals surface area contributed by atoms with Crippen LogP contribution in [0.25, 0.3) is 0 Å². The lowest BCUT2D eigenvalue weighted by atomic mass is 9.79. The van der Waals surface area contributed by atoms with E-state index in [0.29, 0.717) is 0 Å². The maximum atomic E-state index is 11.3. The number of ketones is 1. The standard InChI is InChI=1S/C17H20N2OS/c1-4-21-16(15-7-5-13(2)6-8-15)17(11-18,12-19)10-9-14(3)20/h5-8,16H,4,9-10H2,1-3H3. The number of nitriles is 2. The Bertz CT molecular complexity index is 552. The van der Waals surface area contributed by atoms with Gasteiger partial charge in [0.05, 0.1) is 17.4 Å². The number of aryl methyl sites for hydroxylation is 1. The van der Waals surface area contributed by atoms with E-state index in [0.717, 1.165) is 16.9 Å². The molecule has 0 saturated carbocycles. The fraction of sp³-hybridized carbons (Fsp3) is 0.471. The molecular formula is C17H20N2OS. The molecule has 110 valence electrons. The summed E-state index contributed by atoms with van der Waals surface area (Å²) in [6.07, 6.45) is 0.536. The molecule has 0 saturated heterocycles. The first-order valence-corrected chi connectivity index (χ1v) is 8.04. The molecule has 0 aromatic heterocycles. The second-order valence-corrected chi connectivity index (χ2v) is 6.53. The molecule has 0 heterocycles. The highest BCUT2D eigenvalue weighted by Crippen LogP contribution is 2.46. The minimum atomic E-state index is -1.17. The zero-order valence-corrected chi connectivity index (χ0v) is 13.5. The average Bonchev–Trinajstić information content (AvgIpc) is 2.48. The van der Waals surface area contributed by atoms with Gasteiger partial charge in [0.25, 0.3) is 0 Å². The monoisotopic (exact) mass is 300 g/mol. The van der Waals surface area contributed by atoms with Gasteiger partial charge in [-0.25, -0.2) is 0 Å². The number of carbonyl (C=O) groups excluding carboxylic acids is 1. The van der Waals surface area contributed by atoms with Crippen molar-refractivity contribution in [3.05, 3.63) is 35.4 Å². The molecule has 0 aliphatic heterocycles. The topological polar surface area (TPSA) is 64.7 Å². The number of Topliss-reactive ketones (excluding diaryl/α,β-unsaturated/α-hetero) is 1. The molecule has 4 heteroatoms. The summed E-state index contributed by atoms with van der Waals surface area (Å²) in [5.41, 5.74) is 0.947. The summed E-state index contributed by atoms with van der Waals surface area (Å²) in [6, 6.07) is 12.3. The predicted octanol–water partition coefficient (Wildman–Crippen LogP) is 4.19. The third kappa shape index (κ3) is 4.34. The highest BCUT2D eigenvalue weighted by Gasteiger charge is 2.40. The number of carbonyl (C=O) groups is 1. The number of thioether (sulfide) groups is 1. The number of benzene rings is 1. The maximum Gasteiger partial charge on any atom is 0.160 e. The summed E-state index contributed by atoms with van der Waals surface area (Å²) in [5.74, 6) is 0.818. The maximum absolute atomic E-state index is 11.3. The third-order valence-corrected chi connectivity index (χ3v) is 4.77. The van der Waals surface area contributed by atoms with Crippen LogP contribution >= 0.6 is 11.8 Å². The number of rotatable bonds is 7. The highest BCUT2D eigenvalue weighted by molar-refractivity contribution is 7.99. The summed E-state index contributed by atoms with van der Waals surface area (Å²) >= 11 is 1.59. The molecule has 1 aromatic rings. The highest BCUT2D eigenvalue weighted by atomic mass is 32.2. The van der Waals surface area contributed by atoms with E-state index in [9.17, 15) is 15.3 Å². The van der Waals surface area contributed by atoms with Gasteiger partial charge in [0.15, 0.2) is 5.41 Å². The Morgan fingerprint density at radius 2 is 1.86 bits per heavy atom. The van der Waals surface area contributed by atoms with Crippen molar-refractivity contribution in [2.75, 3.05) is 5.75 Å².